The van der Waals surface area contributed by atoms with Crippen molar-refractivity contribution in [1.82, 2.24) is 0 Å². The van der Waals surface area contributed by atoms with Gasteiger partial charge < -0.3 is 9.47 Å². The standard InChI is InChI=1S/C17H26O4/c1-4-9-20-15(18)14-12-7-8-13(11-12)17(14,6-3)16(19)21-10-5-2/h7-8,12-14H,4-6,9-11H2,1-3H3. The quantitative estimate of drug-likeness (QED) is 0.535. The van der Waals surface area contributed by atoms with Crippen molar-refractivity contribution in [2.75, 3.05) is 13.2 Å². The van der Waals surface area contributed by atoms with Crippen molar-refractivity contribution in [2.24, 2.45) is 23.2 Å². The molecule has 118 valence electrons. The highest BCUT2D eigenvalue weighted by molar-refractivity contribution is 5.88. The first-order chi connectivity index (χ1) is 10.1. The molecule has 0 saturated heterocycles. The molecule has 4 atom stereocenters. The highest BCUT2D eigenvalue weighted by atomic mass is 16.5. The van der Waals surface area contributed by atoms with E-state index in [0.717, 1.165) is 19.3 Å². The normalized spacial score (nSPS) is 33.2. The van der Waals surface area contributed by atoms with E-state index in [1.807, 2.05) is 20.8 Å². The Kier molecular flexibility index (Phi) is 5.07. The van der Waals surface area contributed by atoms with E-state index in [4.69, 9.17) is 9.47 Å². The molecule has 0 spiro atoms. The minimum absolute atomic E-state index is 0.107. The van der Waals surface area contributed by atoms with Gasteiger partial charge in [0, 0.05) is 0 Å². The molecule has 0 heterocycles. The molecule has 0 aliphatic heterocycles. The summed E-state index contributed by atoms with van der Waals surface area (Å²) in [6, 6.07) is 0. The average Bonchev–Trinajstić information content (AvgIpc) is 3.09. The molecule has 4 unspecified atom stereocenters. The maximum absolute atomic E-state index is 12.7. The van der Waals surface area contributed by atoms with Gasteiger partial charge >= 0.3 is 11.9 Å². The van der Waals surface area contributed by atoms with Crippen LogP contribution in [0.25, 0.3) is 0 Å². The zero-order valence-electron chi connectivity index (χ0n) is 13.3. The lowest BCUT2D eigenvalue weighted by molar-refractivity contribution is -0.171. The number of esters is 2. The monoisotopic (exact) mass is 294 g/mol. The molecule has 1 saturated carbocycles. The Hall–Kier alpha value is -1.32. The summed E-state index contributed by atoms with van der Waals surface area (Å²) in [7, 11) is 0. The predicted molar refractivity (Wildman–Crippen MR) is 79.5 cm³/mol. The molecule has 0 aromatic heterocycles. The number of hydrogen-bond acceptors (Lipinski definition) is 4. The summed E-state index contributed by atoms with van der Waals surface area (Å²) in [5.74, 6) is -0.607. The van der Waals surface area contributed by atoms with Crippen LogP contribution in [-0.4, -0.2) is 25.2 Å². The first-order valence-corrected chi connectivity index (χ1v) is 8.13. The van der Waals surface area contributed by atoms with Gasteiger partial charge in [-0.15, -0.1) is 0 Å². The summed E-state index contributed by atoms with van der Waals surface area (Å²) in [4.78, 5) is 25.2. The maximum atomic E-state index is 12.7. The van der Waals surface area contributed by atoms with Gasteiger partial charge in [-0.3, -0.25) is 9.59 Å². The molecule has 2 aliphatic carbocycles. The van der Waals surface area contributed by atoms with Crippen molar-refractivity contribution in [3.63, 3.8) is 0 Å². The van der Waals surface area contributed by atoms with Crippen LogP contribution in [0.2, 0.25) is 0 Å². The number of rotatable bonds is 7. The Labute approximate surface area is 126 Å². The zero-order valence-corrected chi connectivity index (χ0v) is 13.3. The Balaban J connectivity index is 2.25. The number of ether oxygens (including phenoxy) is 2. The van der Waals surface area contributed by atoms with E-state index < -0.39 is 5.41 Å². The summed E-state index contributed by atoms with van der Waals surface area (Å²) in [5, 5.41) is 0. The van der Waals surface area contributed by atoms with E-state index in [1.165, 1.54) is 0 Å². The Bertz CT molecular complexity index is 429. The SMILES string of the molecule is CCCOC(=O)C1C2C=CC(C2)C1(CC)C(=O)OCCC. The fraction of sp³-hybridized carbons (Fsp3) is 0.765. The third-order valence-electron chi connectivity index (χ3n) is 4.87. The van der Waals surface area contributed by atoms with E-state index in [-0.39, 0.29) is 29.7 Å². The highest BCUT2D eigenvalue weighted by Gasteiger charge is 2.63. The predicted octanol–water partition coefficient (Wildman–Crippen LogP) is 3.11. The number of carbonyl (C=O) groups excluding carboxylic acids is 2. The first-order valence-electron chi connectivity index (χ1n) is 8.13. The fourth-order valence-corrected chi connectivity index (χ4v) is 3.88. The Morgan fingerprint density at radius 1 is 1.10 bits per heavy atom. The average molecular weight is 294 g/mol. The van der Waals surface area contributed by atoms with Crippen molar-refractivity contribution in [3.8, 4) is 0 Å². The molecular formula is C17H26O4. The van der Waals surface area contributed by atoms with Crippen LogP contribution in [0, 0.1) is 23.2 Å². The summed E-state index contributed by atoms with van der Waals surface area (Å²) >= 11 is 0. The number of hydrogen-bond donors (Lipinski definition) is 0. The van der Waals surface area contributed by atoms with E-state index in [2.05, 4.69) is 12.2 Å². The molecule has 4 heteroatoms. The minimum Gasteiger partial charge on any atom is -0.465 e. The molecule has 2 bridgehead atoms. The molecule has 21 heavy (non-hydrogen) atoms. The lowest BCUT2D eigenvalue weighted by Gasteiger charge is -2.37. The number of fused-ring (bicyclic) bond motifs is 2. The molecule has 2 rings (SSSR count). The second kappa shape index (κ2) is 6.63. The van der Waals surface area contributed by atoms with Gasteiger partial charge in [0.25, 0.3) is 0 Å². The minimum atomic E-state index is -0.723. The van der Waals surface area contributed by atoms with E-state index in [0.29, 0.717) is 19.6 Å². The third-order valence-corrected chi connectivity index (χ3v) is 4.87. The van der Waals surface area contributed by atoms with Gasteiger partial charge in [-0.2, -0.15) is 0 Å². The smallest absolute Gasteiger partial charge is 0.313 e. The van der Waals surface area contributed by atoms with Crippen LogP contribution in [0.5, 0.6) is 0 Å². The third kappa shape index (κ3) is 2.60. The van der Waals surface area contributed by atoms with Crippen LogP contribution in [0.15, 0.2) is 12.2 Å². The lowest BCUT2D eigenvalue weighted by atomic mass is 9.66. The summed E-state index contributed by atoms with van der Waals surface area (Å²) in [6.45, 7) is 6.75. The van der Waals surface area contributed by atoms with Gasteiger partial charge in [0.1, 0.15) is 0 Å². The lowest BCUT2D eigenvalue weighted by Crippen LogP contribution is -2.46. The van der Waals surface area contributed by atoms with E-state index in [1.54, 1.807) is 0 Å². The Morgan fingerprint density at radius 3 is 2.38 bits per heavy atom. The van der Waals surface area contributed by atoms with Gasteiger partial charge in [0.2, 0.25) is 0 Å². The van der Waals surface area contributed by atoms with Gasteiger partial charge in [-0.25, -0.2) is 0 Å². The van der Waals surface area contributed by atoms with Crippen LogP contribution in [0.3, 0.4) is 0 Å². The largest absolute Gasteiger partial charge is 0.465 e. The topological polar surface area (TPSA) is 52.6 Å². The Morgan fingerprint density at radius 2 is 1.76 bits per heavy atom. The van der Waals surface area contributed by atoms with Crippen molar-refractivity contribution in [3.05, 3.63) is 12.2 Å². The van der Waals surface area contributed by atoms with Crippen LogP contribution in [0.1, 0.15) is 46.5 Å². The fourth-order valence-electron chi connectivity index (χ4n) is 3.88. The molecule has 0 amide bonds. The molecule has 0 aromatic rings. The van der Waals surface area contributed by atoms with Crippen molar-refractivity contribution >= 4 is 11.9 Å². The van der Waals surface area contributed by atoms with Crippen molar-refractivity contribution in [2.45, 2.75) is 46.5 Å². The summed E-state index contributed by atoms with van der Waals surface area (Å²) < 4.78 is 10.8. The molecule has 4 nitrogen and oxygen atoms in total. The molecule has 0 radical (unpaired) electrons. The second-order valence-corrected chi connectivity index (χ2v) is 6.07. The molecule has 0 N–H and O–H groups in total. The van der Waals surface area contributed by atoms with Crippen LogP contribution in [-0.2, 0) is 19.1 Å². The van der Waals surface area contributed by atoms with Crippen molar-refractivity contribution in [1.29, 1.82) is 0 Å². The number of carbonyl (C=O) groups is 2. The summed E-state index contributed by atoms with van der Waals surface area (Å²) in [6.07, 6.45) is 7.23. The van der Waals surface area contributed by atoms with Crippen LogP contribution >= 0.6 is 0 Å². The molecule has 2 aliphatic rings. The second-order valence-electron chi connectivity index (χ2n) is 6.07. The molecular weight excluding hydrogens is 268 g/mol. The van der Waals surface area contributed by atoms with Gasteiger partial charge in [-0.1, -0.05) is 32.9 Å². The molecule has 1 fully saturated rings. The van der Waals surface area contributed by atoms with Crippen LogP contribution in [0.4, 0.5) is 0 Å². The van der Waals surface area contributed by atoms with E-state index >= 15 is 0 Å². The van der Waals surface area contributed by atoms with Crippen LogP contribution < -0.4 is 0 Å². The van der Waals surface area contributed by atoms with Crippen molar-refractivity contribution < 1.29 is 19.1 Å². The van der Waals surface area contributed by atoms with E-state index in [9.17, 15) is 9.59 Å². The first kappa shape index (κ1) is 16.1. The van der Waals surface area contributed by atoms with Gasteiger partial charge in [0.15, 0.2) is 0 Å². The van der Waals surface area contributed by atoms with Gasteiger partial charge in [-0.05, 0) is 37.5 Å². The summed E-state index contributed by atoms with van der Waals surface area (Å²) in [5.41, 5.74) is -0.723. The highest BCUT2D eigenvalue weighted by Crippen LogP contribution is 2.59. The maximum Gasteiger partial charge on any atom is 0.313 e. The molecule has 0 aromatic carbocycles. The number of allylic oxidation sites excluding steroid dienone is 2. The van der Waals surface area contributed by atoms with Gasteiger partial charge in [0.05, 0.1) is 24.5 Å². The zero-order chi connectivity index (χ0) is 15.5.